The van der Waals surface area contributed by atoms with E-state index in [1.54, 1.807) is 0 Å². The molecule has 0 bridgehead atoms. The fourth-order valence-corrected chi connectivity index (χ4v) is 3.74. The molecule has 2 rings (SSSR count). The van der Waals surface area contributed by atoms with Crippen LogP contribution in [0.1, 0.15) is 25.6 Å². The normalized spacial score (nSPS) is 13.5. The Bertz CT molecular complexity index is 601. The van der Waals surface area contributed by atoms with Crippen LogP contribution in [0.3, 0.4) is 0 Å². The van der Waals surface area contributed by atoms with E-state index >= 15 is 0 Å². The predicted molar refractivity (Wildman–Crippen MR) is 94.2 cm³/mol. The van der Waals surface area contributed by atoms with Crippen molar-refractivity contribution >= 4 is 33.3 Å². The van der Waals surface area contributed by atoms with Gasteiger partial charge in [0.2, 0.25) is 0 Å². The summed E-state index contributed by atoms with van der Waals surface area (Å²) in [7, 11) is 0. The molecule has 106 valence electrons. The Balaban J connectivity index is 2.22. The number of benzene rings is 1. The third-order valence-electron chi connectivity index (χ3n) is 3.33. The van der Waals surface area contributed by atoms with E-state index in [0.717, 1.165) is 11.0 Å². The molecular weight excluding hydrogens is 330 g/mol. The summed E-state index contributed by atoms with van der Waals surface area (Å²) >= 11 is 5.45. The molecule has 0 aliphatic rings. The largest absolute Gasteiger partial charge is 0.311 e. The average molecular weight is 350 g/mol. The van der Waals surface area contributed by atoms with E-state index < -0.39 is 0 Å². The molecular formula is C17H20BrNS. The Morgan fingerprint density at radius 2 is 2.05 bits per heavy atom. The van der Waals surface area contributed by atoms with Crippen molar-refractivity contribution in [3.63, 3.8) is 0 Å². The second-order valence-corrected chi connectivity index (χ2v) is 6.82. The minimum atomic E-state index is 0.425. The van der Waals surface area contributed by atoms with Crippen LogP contribution < -0.4 is 5.32 Å². The van der Waals surface area contributed by atoms with Crippen molar-refractivity contribution < 1.29 is 0 Å². The van der Waals surface area contributed by atoms with Crippen LogP contribution in [-0.4, -0.2) is 12.6 Å². The van der Waals surface area contributed by atoms with Gasteiger partial charge in [0.15, 0.2) is 0 Å². The number of thiophene rings is 1. The molecule has 0 saturated carbocycles. The van der Waals surface area contributed by atoms with Gasteiger partial charge in [-0.2, -0.15) is 0 Å². The standard InChI is InChI=1S/C17H20BrNS/c1-4-19-13(3)12(2)11-14-9-10-17(20-14)15-7-5-6-8-16(15)18/h5-11,13,19H,4H2,1-3H3/b12-11+. The molecule has 0 amide bonds. The van der Waals surface area contributed by atoms with Gasteiger partial charge in [-0.05, 0) is 44.7 Å². The third-order valence-corrected chi connectivity index (χ3v) is 5.09. The van der Waals surface area contributed by atoms with E-state index in [4.69, 9.17) is 0 Å². The minimum absolute atomic E-state index is 0.425. The Kier molecular flexibility index (Phi) is 5.58. The summed E-state index contributed by atoms with van der Waals surface area (Å²) in [5.41, 5.74) is 2.63. The molecule has 3 heteroatoms. The first-order valence-electron chi connectivity index (χ1n) is 6.88. The molecule has 0 fully saturated rings. The summed E-state index contributed by atoms with van der Waals surface area (Å²) in [6.45, 7) is 7.53. The van der Waals surface area contributed by atoms with Gasteiger partial charge < -0.3 is 5.32 Å². The van der Waals surface area contributed by atoms with Crippen molar-refractivity contribution in [2.75, 3.05) is 6.54 Å². The van der Waals surface area contributed by atoms with Crippen molar-refractivity contribution in [2.24, 2.45) is 0 Å². The highest BCUT2D eigenvalue weighted by atomic mass is 79.9. The van der Waals surface area contributed by atoms with Crippen molar-refractivity contribution in [2.45, 2.75) is 26.8 Å². The molecule has 2 aromatic rings. The molecule has 0 spiro atoms. The predicted octanol–water partition coefficient (Wildman–Crippen LogP) is 5.58. The van der Waals surface area contributed by atoms with Gasteiger partial charge in [-0.25, -0.2) is 0 Å². The van der Waals surface area contributed by atoms with Gasteiger partial charge in [-0.1, -0.05) is 46.6 Å². The lowest BCUT2D eigenvalue weighted by Crippen LogP contribution is -2.26. The zero-order valence-electron chi connectivity index (χ0n) is 12.1. The van der Waals surface area contributed by atoms with Crippen molar-refractivity contribution in [3.05, 3.63) is 51.3 Å². The van der Waals surface area contributed by atoms with Crippen molar-refractivity contribution in [3.8, 4) is 10.4 Å². The SMILES string of the molecule is CCNC(C)/C(C)=C/c1ccc(-c2ccccc2Br)s1. The molecule has 0 radical (unpaired) electrons. The number of nitrogens with one attached hydrogen (secondary N) is 1. The third kappa shape index (κ3) is 3.81. The highest BCUT2D eigenvalue weighted by Gasteiger charge is 2.06. The van der Waals surface area contributed by atoms with Gasteiger partial charge in [-0.3, -0.25) is 0 Å². The summed E-state index contributed by atoms with van der Waals surface area (Å²) < 4.78 is 1.15. The highest BCUT2D eigenvalue weighted by Crippen LogP contribution is 2.34. The van der Waals surface area contributed by atoms with Gasteiger partial charge in [0.05, 0.1) is 0 Å². The quantitative estimate of drug-likeness (QED) is 0.742. The van der Waals surface area contributed by atoms with Crippen LogP contribution in [0.4, 0.5) is 0 Å². The Morgan fingerprint density at radius 1 is 1.30 bits per heavy atom. The fourth-order valence-electron chi connectivity index (χ4n) is 2.05. The van der Waals surface area contributed by atoms with Crippen LogP contribution in [0, 0.1) is 0 Å². The van der Waals surface area contributed by atoms with Gasteiger partial charge in [0, 0.05) is 25.8 Å². The smallest absolute Gasteiger partial charge is 0.0360 e. The molecule has 1 atom stereocenters. The summed E-state index contributed by atoms with van der Waals surface area (Å²) in [6, 6.07) is 13.2. The van der Waals surface area contributed by atoms with Crippen LogP contribution >= 0.6 is 27.3 Å². The van der Waals surface area contributed by atoms with Gasteiger partial charge in [0.25, 0.3) is 0 Å². The summed E-state index contributed by atoms with van der Waals surface area (Å²) in [4.78, 5) is 2.60. The first-order chi connectivity index (χ1) is 9.61. The summed E-state index contributed by atoms with van der Waals surface area (Å²) in [5, 5.41) is 3.44. The van der Waals surface area contributed by atoms with Gasteiger partial charge in [0.1, 0.15) is 0 Å². The second-order valence-electron chi connectivity index (χ2n) is 4.85. The van der Waals surface area contributed by atoms with E-state index in [2.05, 4.69) is 78.4 Å². The molecule has 20 heavy (non-hydrogen) atoms. The number of halogens is 1. The van der Waals surface area contributed by atoms with Crippen molar-refractivity contribution in [1.29, 1.82) is 0 Å². The van der Waals surface area contributed by atoms with E-state index in [9.17, 15) is 0 Å². The van der Waals surface area contributed by atoms with E-state index in [0.29, 0.717) is 6.04 Å². The number of likely N-dealkylation sites (N-methyl/N-ethyl adjacent to an activating group) is 1. The Morgan fingerprint density at radius 3 is 2.75 bits per heavy atom. The summed E-state index contributed by atoms with van der Waals surface area (Å²) in [6.07, 6.45) is 2.28. The molecule has 1 unspecified atom stereocenters. The Labute approximate surface area is 133 Å². The maximum Gasteiger partial charge on any atom is 0.0360 e. The zero-order chi connectivity index (χ0) is 14.5. The van der Waals surface area contributed by atoms with Gasteiger partial charge >= 0.3 is 0 Å². The van der Waals surface area contributed by atoms with Crippen molar-refractivity contribution in [1.82, 2.24) is 5.32 Å². The first kappa shape index (κ1) is 15.5. The molecule has 1 heterocycles. The second kappa shape index (κ2) is 7.21. The van der Waals surface area contributed by atoms with Crippen LogP contribution in [0.25, 0.3) is 16.5 Å². The lowest BCUT2D eigenvalue weighted by molar-refractivity contribution is 0.636. The lowest BCUT2D eigenvalue weighted by atomic mass is 10.1. The molecule has 1 nitrogen and oxygen atoms in total. The molecule has 0 saturated heterocycles. The van der Waals surface area contributed by atoms with E-state index in [1.807, 2.05) is 17.4 Å². The van der Waals surface area contributed by atoms with E-state index in [1.165, 1.54) is 20.9 Å². The minimum Gasteiger partial charge on any atom is -0.311 e. The van der Waals surface area contributed by atoms with E-state index in [-0.39, 0.29) is 0 Å². The lowest BCUT2D eigenvalue weighted by Gasteiger charge is -2.12. The molecule has 0 aliphatic carbocycles. The monoisotopic (exact) mass is 349 g/mol. The molecule has 1 N–H and O–H groups in total. The van der Waals surface area contributed by atoms with Crippen LogP contribution in [0.2, 0.25) is 0 Å². The zero-order valence-corrected chi connectivity index (χ0v) is 14.5. The van der Waals surface area contributed by atoms with Crippen LogP contribution in [-0.2, 0) is 0 Å². The fraction of sp³-hybridized carbons (Fsp3) is 0.294. The average Bonchev–Trinajstić information content (AvgIpc) is 2.87. The Hall–Kier alpha value is -0.900. The highest BCUT2D eigenvalue weighted by molar-refractivity contribution is 9.10. The molecule has 1 aromatic heterocycles. The number of rotatable bonds is 5. The van der Waals surface area contributed by atoms with Crippen LogP contribution in [0.5, 0.6) is 0 Å². The first-order valence-corrected chi connectivity index (χ1v) is 8.49. The topological polar surface area (TPSA) is 12.0 Å². The van der Waals surface area contributed by atoms with Gasteiger partial charge in [-0.15, -0.1) is 11.3 Å². The number of hydrogen-bond donors (Lipinski definition) is 1. The molecule has 0 aliphatic heterocycles. The number of hydrogen-bond acceptors (Lipinski definition) is 2. The maximum absolute atomic E-state index is 3.62. The maximum atomic E-state index is 3.62. The molecule has 1 aromatic carbocycles. The summed E-state index contributed by atoms with van der Waals surface area (Å²) in [5.74, 6) is 0. The van der Waals surface area contributed by atoms with Crippen LogP contribution in [0.15, 0.2) is 46.4 Å².